The predicted octanol–water partition coefficient (Wildman–Crippen LogP) is 6.58. The molecule has 0 aromatic heterocycles. The summed E-state index contributed by atoms with van der Waals surface area (Å²) in [6, 6.07) is 23.2. The molecule has 2 aliphatic rings. The van der Waals surface area contributed by atoms with E-state index in [2.05, 4.69) is 17.1 Å². The van der Waals surface area contributed by atoms with E-state index in [0.717, 1.165) is 36.9 Å². The van der Waals surface area contributed by atoms with Crippen LogP contribution in [0.4, 0.5) is 17.1 Å². The van der Waals surface area contributed by atoms with Gasteiger partial charge in [-0.2, -0.15) is 0 Å². The molecule has 6 heteroatoms. The smallest absolute Gasteiger partial charge is 0.257 e. The summed E-state index contributed by atoms with van der Waals surface area (Å²) in [5.41, 5.74) is 3.26. The Kier molecular flexibility index (Phi) is 8.39. The van der Waals surface area contributed by atoms with E-state index in [1.54, 1.807) is 11.0 Å². The minimum absolute atomic E-state index is 0.0996. The van der Waals surface area contributed by atoms with Gasteiger partial charge in [-0.1, -0.05) is 62.6 Å². The van der Waals surface area contributed by atoms with Gasteiger partial charge in [0, 0.05) is 12.6 Å². The van der Waals surface area contributed by atoms with E-state index in [4.69, 9.17) is 4.74 Å². The summed E-state index contributed by atoms with van der Waals surface area (Å²) in [5, 5.41) is 2.94. The molecule has 3 aromatic rings. The van der Waals surface area contributed by atoms with Gasteiger partial charge in [0.25, 0.3) is 5.91 Å². The molecular formula is C32H37N3O3. The van der Waals surface area contributed by atoms with Crippen molar-refractivity contribution >= 4 is 28.9 Å². The van der Waals surface area contributed by atoms with E-state index in [1.165, 1.54) is 32.1 Å². The lowest BCUT2D eigenvalue weighted by atomic mass is 9.94. The summed E-state index contributed by atoms with van der Waals surface area (Å²) >= 11 is 0. The molecule has 0 unspecified atom stereocenters. The number of anilines is 3. The number of rotatable bonds is 9. The highest BCUT2D eigenvalue weighted by molar-refractivity contribution is 6.17. The lowest BCUT2D eigenvalue weighted by Crippen LogP contribution is -2.37. The first-order chi connectivity index (χ1) is 18.6. The number of carbonyl (C=O) groups excluding carboxylic acids is 2. The number of amides is 2. The number of nitrogens with one attached hydrogen (secondary N) is 1. The van der Waals surface area contributed by atoms with Gasteiger partial charge in [0.1, 0.15) is 5.75 Å². The molecule has 3 aromatic carbocycles. The van der Waals surface area contributed by atoms with E-state index >= 15 is 0 Å². The standard InChI is InChI=1S/C32H37N3O3/c1-2-34(25-11-4-3-5-12-25)21-10-22-38-26-19-17-24(18-20-26)23-31(36)35-29-15-8-6-13-27(29)32(37)33-28-14-7-9-16-30(28)35/h6-9,13-20,25H,2-5,10-12,21-23H2,1H3,(H,33,37). The third-order valence-electron chi connectivity index (χ3n) is 7.67. The second kappa shape index (κ2) is 12.3. The molecular weight excluding hydrogens is 474 g/mol. The van der Waals surface area contributed by atoms with Crippen molar-refractivity contribution in [2.75, 3.05) is 29.9 Å². The summed E-state index contributed by atoms with van der Waals surface area (Å²) < 4.78 is 6.02. The molecule has 0 atom stereocenters. The molecule has 1 saturated carbocycles. The normalized spacial score (nSPS) is 15.4. The van der Waals surface area contributed by atoms with Crippen molar-refractivity contribution in [2.24, 2.45) is 0 Å². The van der Waals surface area contributed by atoms with Gasteiger partial charge in [-0.25, -0.2) is 0 Å². The van der Waals surface area contributed by atoms with Gasteiger partial charge in [0.05, 0.1) is 35.7 Å². The Morgan fingerprint density at radius 3 is 2.42 bits per heavy atom. The van der Waals surface area contributed by atoms with Crippen LogP contribution in [0.1, 0.15) is 61.4 Å². The first-order valence-corrected chi connectivity index (χ1v) is 13.9. The summed E-state index contributed by atoms with van der Waals surface area (Å²) in [6.07, 6.45) is 7.98. The number of para-hydroxylation sites is 3. The molecule has 1 aliphatic heterocycles. The molecule has 0 radical (unpaired) electrons. The zero-order valence-electron chi connectivity index (χ0n) is 22.2. The monoisotopic (exact) mass is 511 g/mol. The van der Waals surface area contributed by atoms with Crippen molar-refractivity contribution in [2.45, 2.75) is 57.9 Å². The zero-order chi connectivity index (χ0) is 26.3. The molecule has 0 bridgehead atoms. The fraction of sp³-hybridized carbons (Fsp3) is 0.375. The SMILES string of the molecule is CCN(CCCOc1ccc(CC(=O)N2c3ccccc3NC(=O)c3ccccc32)cc1)C1CCCCC1. The van der Waals surface area contributed by atoms with Crippen LogP contribution in [-0.4, -0.2) is 42.5 Å². The van der Waals surface area contributed by atoms with Crippen molar-refractivity contribution in [1.29, 1.82) is 0 Å². The summed E-state index contributed by atoms with van der Waals surface area (Å²) in [7, 11) is 0. The molecule has 2 amide bonds. The fourth-order valence-electron chi connectivity index (χ4n) is 5.68. The highest BCUT2D eigenvalue weighted by atomic mass is 16.5. The zero-order valence-corrected chi connectivity index (χ0v) is 22.2. The average Bonchev–Trinajstić information content (AvgIpc) is 3.08. The maximum Gasteiger partial charge on any atom is 0.257 e. The molecule has 5 rings (SSSR count). The molecule has 1 heterocycles. The topological polar surface area (TPSA) is 61.9 Å². The number of ether oxygens (including phenoxy) is 1. The van der Waals surface area contributed by atoms with Gasteiger partial charge in [0.15, 0.2) is 0 Å². The van der Waals surface area contributed by atoms with Gasteiger partial charge in [-0.15, -0.1) is 0 Å². The highest BCUT2D eigenvalue weighted by Crippen LogP contribution is 2.38. The lowest BCUT2D eigenvalue weighted by Gasteiger charge is -2.33. The van der Waals surface area contributed by atoms with Crippen molar-refractivity contribution in [1.82, 2.24) is 4.90 Å². The summed E-state index contributed by atoms with van der Waals surface area (Å²) in [5.74, 6) is 0.505. The molecule has 1 aliphatic carbocycles. The minimum Gasteiger partial charge on any atom is -0.494 e. The Morgan fingerprint density at radius 1 is 0.947 bits per heavy atom. The highest BCUT2D eigenvalue weighted by Gasteiger charge is 2.29. The predicted molar refractivity (Wildman–Crippen MR) is 152 cm³/mol. The number of nitrogens with zero attached hydrogens (tertiary/aromatic N) is 2. The van der Waals surface area contributed by atoms with Crippen molar-refractivity contribution < 1.29 is 14.3 Å². The molecule has 0 spiro atoms. The second-order valence-electron chi connectivity index (χ2n) is 10.2. The van der Waals surface area contributed by atoms with Crippen LogP contribution in [0.5, 0.6) is 5.75 Å². The van der Waals surface area contributed by atoms with Crippen LogP contribution in [0.15, 0.2) is 72.8 Å². The molecule has 0 saturated heterocycles. The van der Waals surface area contributed by atoms with Crippen molar-refractivity contribution in [3.63, 3.8) is 0 Å². The Hall–Kier alpha value is -3.64. The van der Waals surface area contributed by atoms with Gasteiger partial charge in [0.2, 0.25) is 5.91 Å². The van der Waals surface area contributed by atoms with Crippen LogP contribution in [-0.2, 0) is 11.2 Å². The fourth-order valence-corrected chi connectivity index (χ4v) is 5.68. The number of carbonyl (C=O) groups is 2. The number of benzene rings is 3. The first-order valence-electron chi connectivity index (χ1n) is 13.9. The molecule has 1 fully saturated rings. The minimum atomic E-state index is -0.217. The van der Waals surface area contributed by atoms with Crippen LogP contribution < -0.4 is 15.0 Å². The quantitative estimate of drug-likeness (QED) is 0.330. The van der Waals surface area contributed by atoms with E-state index in [0.29, 0.717) is 29.2 Å². The van der Waals surface area contributed by atoms with E-state index in [1.807, 2.05) is 66.7 Å². The second-order valence-corrected chi connectivity index (χ2v) is 10.2. The van der Waals surface area contributed by atoms with E-state index in [9.17, 15) is 9.59 Å². The molecule has 1 N–H and O–H groups in total. The first kappa shape index (κ1) is 26.0. The molecule has 6 nitrogen and oxygen atoms in total. The van der Waals surface area contributed by atoms with Crippen LogP contribution in [0.25, 0.3) is 0 Å². The maximum atomic E-state index is 13.6. The Labute approximate surface area is 225 Å². The van der Waals surface area contributed by atoms with Gasteiger partial charge in [-0.05, 0) is 67.8 Å². The maximum absolute atomic E-state index is 13.6. The van der Waals surface area contributed by atoms with Gasteiger partial charge >= 0.3 is 0 Å². The van der Waals surface area contributed by atoms with Crippen LogP contribution >= 0.6 is 0 Å². The number of fused-ring (bicyclic) bond motifs is 2. The van der Waals surface area contributed by atoms with E-state index < -0.39 is 0 Å². The number of hydrogen-bond donors (Lipinski definition) is 1. The van der Waals surface area contributed by atoms with Gasteiger partial charge < -0.3 is 15.0 Å². The molecule has 38 heavy (non-hydrogen) atoms. The Balaban J connectivity index is 1.21. The summed E-state index contributed by atoms with van der Waals surface area (Å²) in [6.45, 7) is 5.12. The Bertz CT molecular complexity index is 1250. The van der Waals surface area contributed by atoms with E-state index in [-0.39, 0.29) is 18.2 Å². The Morgan fingerprint density at radius 2 is 1.66 bits per heavy atom. The van der Waals surface area contributed by atoms with Crippen LogP contribution in [0.3, 0.4) is 0 Å². The van der Waals surface area contributed by atoms with Crippen LogP contribution in [0, 0.1) is 0 Å². The third-order valence-corrected chi connectivity index (χ3v) is 7.67. The molecule has 198 valence electrons. The van der Waals surface area contributed by atoms with Crippen molar-refractivity contribution in [3.8, 4) is 5.75 Å². The van der Waals surface area contributed by atoms with Crippen molar-refractivity contribution in [3.05, 3.63) is 83.9 Å². The van der Waals surface area contributed by atoms with Crippen LogP contribution in [0.2, 0.25) is 0 Å². The van der Waals surface area contributed by atoms with Gasteiger partial charge in [-0.3, -0.25) is 14.5 Å². The average molecular weight is 512 g/mol. The lowest BCUT2D eigenvalue weighted by molar-refractivity contribution is -0.117. The summed E-state index contributed by atoms with van der Waals surface area (Å²) in [4.78, 5) is 30.7. The number of hydrogen-bond acceptors (Lipinski definition) is 4. The third kappa shape index (κ3) is 5.91. The largest absolute Gasteiger partial charge is 0.494 e.